The van der Waals surface area contributed by atoms with Gasteiger partial charge in [0.2, 0.25) is 0 Å². The van der Waals surface area contributed by atoms with Gasteiger partial charge in [0.15, 0.2) is 0 Å². The summed E-state index contributed by atoms with van der Waals surface area (Å²) in [6, 6.07) is 10.7. The fraction of sp³-hybridized carbons (Fsp3) is 0.143. The summed E-state index contributed by atoms with van der Waals surface area (Å²) in [5.41, 5.74) is 3.67. The topological polar surface area (TPSA) is 93.8 Å². The van der Waals surface area contributed by atoms with E-state index in [-0.39, 0.29) is 12.1 Å². The first-order valence-corrected chi connectivity index (χ1v) is 10.6. The van der Waals surface area contributed by atoms with Crippen LogP contribution in [0.4, 0.5) is 5.69 Å². The highest BCUT2D eigenvalue weighted by molar-refractivity contribution is 9.10. The zero-order valence-corrected chi connectivity index (χ0v) is 18.9. The van der Waals surface area contributed by atoms with Crippen LogP contribution in [0, 0.1) is 6.92 Å². The molecule has 0 bridgehead atoms. The third-order valence-electron chi connectivity index (χ3n) is 4.79. The number of hydrogen-bond donors (Lipinski definition) is 4. The van der Waals surface area contributed by atoms with Gasteiger partial charge in [-0.15, -0.1) is 0 Å². The number of aromatic nitrogens is 3. The Kier molecular flexibility index (Phi) is 5.88. The fourth-order valence-corrected chi connectivity index (χ4v) is 3.84. The molecule has 0 aliphatic rings. The van der Waals surface area contributed by atoms with Crippen LogP contribution in [0.15, 0.2) is 51.9 Å². The van der Waals surface area contributed by atoms with E-state index in [0.29, 0.717) is 38.2 Å². The Morgan fingerprint density at radius 1 is 1.20 bits per heavy atom. The number of pyridine rings is 1. The fourth-order valence-electron chi connectivity index (χ4n) is 3.13. The number of fused-ring (bicyclic) bond motifs is 1. The minimum Gasteiger partial charge on any atom is -0.387 e. The van der Waals surface area contributed by atoms with Crippen molar-refractivity contribution in [2.75, 3.05) is 11.9 Å². The summed E-state index contributed by atoms with van der Waals surface area (Å²) in [5.74, 6) is 0.375. The molecule has 1 unspecified atom stereocenters. The minimum absolute atomic E-state index is 0.212. The summed E-state index contributed by atoms with van der Waals surface area (Å²) in [5, 5.41) is 14.5. The van der Waals surface area contributed by atoms with Crippen LogP contribution in [-0.2, 0) is 0 Å². The molecule has 30 heavy (non-hydrogen) atoms. The van der Waals surface area contributed by atoms with Gasteiger partial charge in [-0.3, -0.25) is 4.79 Å². The quantitative estimate of drug-likeness (QED) is 0.289. The number of benzene rings is 2. The molecule has 9 heteroatoms. The second-order valence-electron chi connectivity index (χ2n) is 6.87. The first-order chi connectivity index (χ1) is 14.3. The molecule has 0 aliphatic heterocycles. The number of aryl methyl sites for hydroxylation is 1. The van der Waals surface area contributed by atoms with Crippen LogP contribution in [0.5, 0.6) is 0 Å². The van der Waals surface area contributed by atoms with Gasteiger partial charge < -0.3 is 20.4 Å². The highest BCUT2D eigenvalue weighted by Gasteiger charge is 2.17. The summed E-state index contributed by atoms with van der Waals surface area (Å²) in [7, 11) is 0. The lowest BCUT2D eigenvalue weighted by Gasteiger charge is -2.15. The van der Waals surface area contributed by atoms with Gasteiger partial charge in [0.25, 0.3) is 5.56 Å². The van der Waals surface area contributed by atoms with E-state index in [2.05, 4.69) is 36.2 Å². The molecular weight excluding hydrogens is 491 g/mol. The van der Waals surface area contributed by atoms with E-state index in [4.69, 9.17) is 23.2 Å². The minimum atomic E-state index is -0.762. The van der Waals surface area contributed by atoms with Gasteiger partial charge in [0.05, 0.1) is 32.9 Å². The molecule has 0 amide bonds. The third kappa shape index (κ3) is 4.11. The van der Waals surface area contributed by atoms with Gasteiger partial charge in [-0.2, -0.15) is 0 Å². The van der Waals surface area contributed by atoms with E-state index >= 15 is 0 Å². The predicted molar refractivity (Wildman–Crippen MR) is 124 cm³/mol. The molecule has 0 spiro atoms. The van der Waals surface area contributed by atoms with E-state index in [0.717, 1.165) is 15.6 Å². The number of H-pyrrole nitrogens is 2. The third-order valence-corrected chi connectivity index (χ3v) is 6.36. The van der Waals surface area contributed by atoms with E-state index in [1.54, 1.807) is 24.4 Å². The van der Waals surface area contributed by atoms with Gasteiger partial charge in [-0.1, -0.05) is 51.3 Å². The smallest absolute Gasteiger partial charge is 0.261 e. The van der Waals surface area contributed by atoms with Crippen molar-refractivity contribution in [2.45, 2.75) is 13.0 Å². The van der Waals surface area contributed by atoms with E-state index in [1.165, 1.54) is 0 Å². The highest BCUT2D eigenvalue weighted by Crippen LogP contribution is 2.30. The number of rotatable bonds is 5. The molecule has 154 valence electrons. The van der Waals surface area contributed by atoms with Crippen molar-refractivity contribution < 1.29 is 5.11 Å². The number of halogens is 3. The van der Waals surface area contributed by atoms with Gasteiger partial charge in [0, 0.05) is 17.2 Å². The van der Waals surface area contributed by atoms with Crippen LogP contribution in [0.25, 0.3) is 22.4 Å². The van der Waals surface area contributed by atoms with E-state index < -0.39 is 6.10 Å². The summed E-state index contributed by atoms with van der Waals surface area (Å²) in [4.78, 5) is 22.8. The van der Waals surface area contributed by atoms with E-state index in [1.807, 2.05) is 25.1 Å². The molecule has 6 nitrogen and oxygen atoms in total. The van der Waals surface area contributed by atoms with E-state index in [9.17, 15) is 9.90 Å². The molecule has 4 rings (SSSR count). The average molecular weight is 508 g/mol. The number of aromatic amines is 2. The number of hydrogen-bond acceptors (Lipinski definition) is 4. The lowest BCUT2D eigenvalue weighted by atomic mass is 10.1. The summed E-state index contributed by atoms with van der Waals surface area (Å²) in [6.07, 6.45) is 0.779. The van der Waals surface area contributed by atoms with Crippen molar-refractivity contribution in [3.05, 3.63) is 78.6 Å². The molecule has 0 saturated carbocycles. The Labute approximate surface area is 190 Å². The van der Waals surface area contributed by atoms with Gasteiger partial charge in [-0.05, 0) is 42.3 Å². The normalized spacial score (nSPS) is 12.3. The van der Waals surface area contributed by atoms with Crippen LogP contribution in [0.2, 0.25) is 10.0 Å². The molecule has 1 atom stereocenters. The van der Waals surface area contributed by atoms with Crippen molar-refractivity contribution in [1.82, 2.24) is 15.0 Å². The van der Waals surface area contributed by atoms with Crippen LogP contribution in [-0.4, -0.2) is 26.6 Å². The number of anilines is 1. The Morgan fingerprint density at radius 2 is 1.97 bits per heavy atom. The van der Waals surface area contributed by atoms with Crippen LogP contribution >= 0.6 is 39.1 Å². The number of imidazole rings is 1. The Balaban J connectivity index is 1.65. The van der Waals surface area contributed by atoms with Crippen LogP contribution in [0.1, 0.15) is 17.2 Å². The second kappa shape index (κ2) is 8.43. The summed E-state index contributed by atoms with van der Waals surface area (Å²) < 4.78 is 0.926. The lowest BCUT2D eigenvalue weighted by molar-refractivity contribution is 0.191. The Hall–Kier alpha value is -2.32. The molecule has 4 aromatic rings. The van der Waals surface area contributed by atoms with Gasteiger partial charge in [-0.25, -0.2) is 4.98 Å². The molecule has 2 heterocycles. The number of nitrogens with zero attached hydrogens (tertiary/aromatic N) is 1. The average Bonchev–Trinajstić information content (AvgIpc) is 3.10. The molecule has 2 aromatic carbocycles. The molecule has 0 radical (unpaired) electrons. The van der Waals surface area contributed by atoms with Crippen molar-refractivity contribution in [1.29, 1.82) is 0 Å². The van der Waals surface area contributed by atoms with Crippen LogP contribution < -0.4 is 10.9 Å². The molecule has 0 aliphatic carbocycles. The summed E-state index contributed by atoms with van der Waals surface area (Å²) in [6.45, 7) is 2.19. The SMILES string of the molecule is Cc1ccc(C(O)CNc2cc[nH]c(=O)c2-c2nc3cc(Cl)c(Cl)cc3[nH]2)cc1Br. The monoisotopic (exact) mass is 506 g/mol. The van der Waals surface area contributed by atoms with Gasteiger partial charge >= 0.3 is 0 Å². The van der Waals surface area contributed by atoms with Crippen molar-refractivity contribution >= 4 is 55.9 Å². The molecular formula is C21H17BrCl2N4O2. The number of nitrogens with one attached hydrogen (secondary N) is 3. The number of aliphatic hydroxyl groups is 1. The van der Waals surface area contributed by atoms with Gasteiger partial charge in [0.1, 0.15) is 11.4 Å². The first kappa shape index (κ1) is 20.9. The first-order valence-electron chi connectivity index (χ1n) is 9.08. The predicted octanol–water partition coefficient (Wildman–Crippen LogP) is 5.44. The van der Waals surface area contributed by atoms with Crippen molar-refractivity contribution in [3.63, 3.8) is 0 Å². The molecule has 4 N–H and O–H groups in total. The van der Waals surface area contributed by atoms with Crippen molar-refractivity contribution in [2.24, 2.45) is 0 Å². The molecule has 0 saturated heterocycles. The van der Waals surface area contributed by atoms with Crippen LogP contribution in [0.3, 0.4) is 0 Å². The zero-order valence-electron chi connectivity index (χ0n) is 15.8. The Bertz CT molecular complexity index is 1260. The molecule has 0 fully saturated rings. The second-order valence-corrected chi connectivity index (χ2v) is 8.54. The zero-order chi connectivity index (χ0) is 21.4. The summed E-state index contributed by atoms with van der Waals surface area (Å²) >= 11 is 15.6. The number of aliphatic hydroxyl groups excluding tert-OH is 1. The Morgan fingerprint density at radius 3 is 2.73 bits per heavy atom. The molecule has 2 aromatic heterocycles. The highest BCUT2D eigenvalue weighted by atomic mass is 79.9. The maximum atomic E-state index is 12.6. The largest absolute Gasteiger partial charge is 0.387 e. The van der Waals surface area contributed by atoms with Crippen molar-refractivity contribution in [3.8, 4) is 11.4 Å². The maximum Gasteiger partial charge on any atom is 0.261 e. The standard InChI is InChI=1S/C21H17BrCl2N4O2/c1-10-2-3-11(6-12(10)22)18(29)9-26-15-4-5-25-21(30)19(15)20-27-16-7-13(23)14(24)8-17(16)28-20/h2-8,18,29H,9H2,1H3,(H,27,28)(H2,25,26,30). The maximum absolute atomic E-state index is 12.6. The lowest BCUT2D eigenvalue weighted by Crippen LogP contribution is -2.17.